The Morgan fingerprint density at radius 2 is 1.84 bits per heavy atom. The highest BCUT2D eigenvalue weighted by molar-refractivity contribution is 5.92. The van der Waals surface area contributed by atoms with Crippen LogP contribution in [0.5, 0.6) is 0 Å². The molecule has 0 aliphatic heterocycles. The van der Waals surface area contributed by atoms with Crippen LogP contribution in [-0.4, -0.2) is 44.7 Å². The number of carbonyl (C=O) groups is 2. The van der Waals surface area contributed by atoms with Gasteiger partial charge in [-0.3, -0.25) is 4.68 Å². The number of hydrogen-bond acceptors (Lipinski definition) is 6. The zero-order valence-corrected chi connectivity index (χ0v) is 15.5. The number of hydrogen-bond donors (Lipinski definition) is 0. The zero-order chi connectivity index (χ0) is 18.7. The van der Waals surface area contributed by atoms with Gasteiger partial charge in [0.1, 0.15) is 5.69 Å². The van der Waals surface area contributed by atoms with E-state index in [0.29, 0.717) is 18.5 Å². The molecular formula is C17H24N4O4. The van der Waals surface area contributed by atoms with Gasteiger partial charge < -0.3 is 9.47 Å². The number of rotatable bonds is 6. The Balaban J connectivity index is 2.63. The lowest BCUT2D eigenvalue weighted by Crippen LogP contribution is -2.14. The molecule has 0 saturated heterocycles. The van der Waals surface area contributed by atoms with Crippen molar-refractivity contribution in [2.75, 3.05) is 7.11 Å². The standard InChI is InChI=1S/C17H24N4O4/c1-7-11-9-12(16(22)25-10(3)4)18-21(11)15-13(8-2)20(5)19-14(15)17(23)24-6/h9-10H,7-8H2,1-6H3. The highest BCUT2D eigenvalue weighted by Gasteiger charge is 2.27. The van der Waals surface area contributed by atoms with Crippen molar-refractivity contribution in [2.45, 2.75) is 46.6 Å². The largest absolute Gasteiger partial charge is 0.464 e. The maximum Gasteiger partial charge on any atom is 0.360 e. The molecule has 0 fully saturated rings. The second-order valence-corrected chi connectivity index (χ2v) is 5.85. The summed E-state index contributed by atoms with van der Waals surface area (Å²) in [6.45, 7) is 7.47. The number of ether oxygens (including phenoxy) is 2. The Hall–Kier alpha value is -2.64. The van der Waals surface area contributed by atoms with Crippen molar-refractivity contribution in [3.63, 3.8) is 0 Å². The number of nitrogens with zero attached hydrogens (tertiary/aromatic N) is 4. The second-order valence-electron chi connectivity index (χ2n) is 5.85. The van der Waals surface area contributed by atoms with E-state index in [1.54, 1.807) is 36.3 Å². The lowest BCUT2D eigenvalue weighted by molar-refractivity contribution is 0.0370. The fourth-order valence-electron chi connectivity index (χ4n) is 2.64. The summed E-state index contributed by atoms with van der Waals surface area (Å²) in [5, 5.41) is 8.66. The Bertz CT molecular complexity index is 789. The fraction of sp³-hybridized carbons (Fsp3) is 0.529. The van der Waals surface area contributed by atoms with Gasteiger partial charge in [-0.05, 0) is 32.8 Å². The average molecular weight is 348 g/mol. The Morgan fingerprint density at radius 3 is 2.36 bits per heavy atom. The molecule has 2 heterocycles. The molecule has 0 unspecified atom stereocenters. The minimum atomic E-state index is -0.547. The predicted molar refractivity (Wildman–Crippen MR) is 91.0 cm³/mol. The summed E-state index contributed by atoms with van der Waals surface area (Å²) in [4.78, 5) is 24.3. The van der Waals surface area contributed by atoms with Crippen LogP contribution < -0.4 is 0 Å². The SMILES string of the molecule is CCc1c(-n2nc(C(=O)OC(C)C)cc2CC)c(C(=O)OC)nn1C. The van der Waals surface area contributed by atoms with Crippen LogP contribution in [0, 0.1) is 0 Å². The molecule has 0 radical (unpaired) electrons. The van der Waals surface area contributed by atoms with Crippen molar-refractivity contribution in [1.82, 2.24) is 19.6 Å². The van der Waals surface area contributed by atoms with Crippen molar-refractivity contribution in [2.24, 2.45) is 7.05 Å². The lowest BCUT2D eigenvalue weighted by atomic mass is 10.2. The van der Waals surface area contributed by atoms with Crippen LogP contribution in [0.25, 0.3) is 5.69 Å². The van der Waals surface area contributed by atoms with E-state index in [0.717, 1.165) is 11.4 Å². The van der Waals surface area contributed by atoms with Gasteiger partial charge in [-0.15, -0.1) is 0 Å². The van der Waals surface area contributed by atoms with E-state index < -0.39 is 11.9 Å². The van der Waals surface area contributed by atoms with E-state index in [-0.39, 0.29) is 17.5 Å². The van der Waals surface area contributed by atoms with Gasteiger partial charge in [0.05, 0.1) is 18.9 Å². The van der Waals surface area contributed by atoms with Crippen molar-refractivity contribution >= 4 is 11.9 Å². The summed E-state index contributed by atoms with van der Waals surface area (Å²) in [5.74, 6) is -1.04. The van der Waals surface area contributed by atoms with Gasteiger partial charge in [-0.1, -0.05) is 13.8 Å². The Kier molecular flexibility index (Phi) is 5.61. The summed E-state index contributed by atoms with van der Waals surface area (Å²) in [6.07, 6.45) is 1.03. The average Bonchev–Trinajstić information content (AvgIpc) is 3.13. The summed E-state index contributed by atoms with van der Waals surface area (Å²) >= 11 is 0. The first-order chi connectivity index (χ1) is 11.8. The number of carbonyl (C=O) groups excluding carboxylic acids is 2. The molecule has 0 bridgehead atoms. The second kappa shape index (κ2) is 7.50. The highest BCUT2D eigenvalue weighted by Crippen LogP contribution is 2.23. The van der Waals surface area contributed by atoms with Gasteiger partial charge in [0, 0.05) is 12.7 Å². The number of aryl methyl sites for hydroxylation is 2. The maximum absolute atomic E-state index is 12.2. The third kappa shape index (κ3) is 3.57. The first-order valence-electron chi connectivity index (χ1n) is 8.28. The van der Waals surface area contributed by atoms with Crippen molar-refractivity contribution in [3.8, 4) is 5.69 Å². The third-order valence-electron chi connectivity index (χ3n) is 3.76. The highest BCUT2D eigenvalue weighted by atomic mass is 16.5. The maximum atomic E-state index is 12.2. The van der Waals surface area contributed by atoms with Gasteiger partial charge in [0.25, 0.3) is 0 Å². The molecule has 8 nitrogen and oxygen atoms in total. The Morgan fingerprint density at radius 1 is 1.16 bits per heavy atom. The van der Waals surface area contributed by atoms with E-state index in [9.17, 15) is 9.59 Å². The molecule has 0 aliphatic carbocycles. The molecule has 136 valence electrons. The van der Waals surface area contributed by atoms with Crippen LogP contribution in [0.1, 0.15) is 60.1 Å². The van der Waals surface area contributed by atoms with Crippen LogP contribution in [0.15, 0.2) is 6.07 Å². The number of aromatic nitrogens is 4. The monoisotopic (exact) mass is 348 g/mol. The molecule has 0 N–H and O–H groups in total. The minimum Gasteiger partial charge on any atom is -0.464 e. The lowest BCUT2D eigenvalue weighted by Gasteiger charge is -2.08. The molecule has 2 rings (SSSR count). The zero-order valence-electron chi connectivity index (χ0n) is 15.5. The molecule has 0 atom stereocenters. The number of esters is 2. The van der Waals surface area contributed by atoms with Crippen LogP contribution in [0.2, 0.25) is 0 Å². The summed E-state index contributed by atoms with van der Waals surface area (Å²) in [6, 6.07) is 1.68. The molecule has 8 heteroatoms. The van der Waals surface area contributed by atoms with E-state index in [2.05, 4.69) is 10.2 Å². The van der Waals surface area contributed by atoms with E-state index >= 15 is 0 Å². The Labute approximate surface area is 146 Å². The molecule has 0 aliphatic rings. The van der Waals surface area contributed by atoms with Crippen molar-refractivity contribution < 1.29 is 19.1 Å². The first kappa shape index (κ1) is 18.7. The molecular weight excluding hydrogens is 324 g/mol. The van der Waals surface area contributed by atoms with Gasteiger partial charge in [-0.2, -0.15) is 10.2 Å². The summed E-state index contributed by atoms with van der Waals surface area (Å²) in [7, 11) is 3.07. The van der Waals surface area contributed by atoms with Crippen LogP contribution in [0.3, 0.4) is 0 Å². The van der Waals surface area contributed by atoms with Gasteiger partial charge in [-0.25, -0.2) is 14.3 Å². The fourth-order valence-corrected chi connectivity index (χ4v) is 2.64. The van der Waals surface area contributed by atoms with E-state index in [1.165, 1.54) is 7.11 Å². The van der Waals surface area contributed by atoms with Crippen molar-refractivity contribution in [1.29, 1.82) is 0 Å². The minimum absolute atomic E-state index is 0.170. The van der Waals surface area contributed by atoms with Gasteiger partial charge in [0.2, 0.25) is 0 Å². The molecule has 0 amide bonds. The molecule has 25 heavy (non-hydrogen) atoms. The third-order valence-corrected chi connectivity index (χ3v) is 3.76. The molecule has 2 aromatic heterocycles. The van der Waals surface area contributed by atoms with E-state index in [4.69, 9.17) is 9.47 Å². The van der Waals surface area contributed by atoms with Crippen molar-refractivity contribution in [3.05, 3.63) is 28.8 Å². The van der Waals surface area contributed by atoms with Gasteiger partial charge in [0.15, 0.2) is 11.4 Å². The van der Waals surface area contributed by atoms with Crippen LogP contribution >= 0.6 is 0 Å². The topological polar surface area (TPSA) is 88.2 Å². The molecule has 0 aromatic carbocycles. The quantitative estimate of drug-likeness (QED) is 0.743. The molecule has 2 aromatic rings. The van der Waals surface area contributed by atoms with E-state index in [1.807, 2.05) is 13.8 Å². The predicted octanol–water partition coefficient (Wildman–Crippen LogP) is 2.08. The van der Waals surface area contributed by atoms with Crippen LogP contribution in [-0.2, 0) is 29.4 Å². The van der Waals surface area contributed by atoms with Crippen LogP contribution in [0.4, 0.5) is 0 Å². The number of methoxy groups -OCH3 is 1. The van der Waals surface area contributed by atoms with Gasteiger partial charge >= 0.3 is 11.9 Å². The normalized spacial score (nSPS) is 11.0. The first-order valence-corrected chi connectivity index (χ1v) is 8.28. The summed E-state index contributed by atoms with van der Waals surface area (Å²) in [5.41, 5.74) is 2.51. The summed E-state index contributed by atoms with van der Waals surface area (Å²) < 4.78 is 13.3. The molecule has 0 saturated carbocycles. The smallest absolute Gasteiger partial charge is 0.360 e. The molecule has 0 spiro atoms.